The van der Waals surface area contributed by atoms with Crippen molar-refractivity contribution in [2.45, 2.75) is 18.5 Å². The van der Waals surface area contributed by atoms with E-state index in [1.54, 1.807) is 6.07 Å². The van der Waals surface area contributed by atoms with Gasteiger partial charge in [0.25, 0.3) is 0 Å². The van der Waals surface area contributed by atoms with Crippen molar-refractivity contribution in [1.82, 2.24) is 20.1 Å². The normalized spacial score (nSPS) is 26.0. The van der Waals surface area contributed by atoms with Crippen molar-refractivity contribution in [2.75, 3.05) is 55.8 Å². The molecular formula is C18H25ClN6O2S. The van der Waals surface area contributed by atoms with Crippen LogP contribution in [0, 0.1) is 0 Å². The lowest BCUT2D eigenvalue weighted by Gasteiger charge is -2.38. The van der Waals surface area contributed by atoms with Crippen molar-refractivity contribution >= 4 is 41.0 Å². The van der Waals surface area contributed by atoms with E-state index in [1.807, 2.05) is 16.7 Å². The Balaban J connectivity index is 1.31. The number of hydrogen-bond acceptors (Lipinski definition) is 7. The zero-order valence-electron chi connectivity index (χ0n) is 15.6. The molecule has 0 bridgehead atoms. The van der Waals surface area contributed by atoms with Gasteiger partial charge in [0, 0.05) is 57.3 Å². The van der Waals surface area contributed by atoms with Crippen LogP contribution < -0.4 is 16.0 Å². The largest absolute Gasteiger partial charge is 0.366 e. The van der Waals surface area contributed by atoms with E-state index < -0.39 is 5.91 Å². The van der Waals surface area contributed by atoms with Crippen LogP contribution in [-0.2, 0) is 4.79 Å². The van der Waals surface area contributed by atoms with Gasteiger partial charge in [0.2, 0.25) is 11.8 Å². The van der Waals surface area contributed by atoms with Gasteiger partial charge in [-0.15, -0.1) is 11.8 Å². The van der Waals surface area contributed by atoms with Gasteiger partial charge in [0.1, 0.15) is 5.82 Å². The van der Waals surface area contributed by atoms with Gasteiger partial charge < -0.3 is 20.9 Å². The number of nitrogens with zero attached hydrogens (tertiary/aromatic N) is 4. The van der Waals surface area contributed by atoms with Crippen molar-refractivity contribution in [1.29, 1.82) is 0 Å². The molecule has 0 radical (unpaired) electrons. The van der Waals surface area contributed by atoms with E-state index in [9.17, 15) is 9.59 Å². The molecule has 3 saturated heterocycles. The van der Waals surface area contributed by atoms with Crippen LogP contribution in [0.15, 0.2) is 12.3 Å². The molecule has 2 atom stereocenters. The molecule has 0 aliphatic carbocycles. The zero-order chi connectivity index (χ0) is 19.7. The number of piperazine rings is 1. The van der Waals surface area contributed by atoms with Crippen LogP contribution in [0.5, 0.6) is 0 Å². The summed E-state index contributed by atoms with van der Waals surface area (Å²) in [6.45, 7) is 5.11. The number of nitrogens with two attached hydrogens (primary N) is 1. The van der Waals surface area contributed by atoms with Crippen LogP contribution in [0.3, 0.4) is 0 Å². The van der Waals surface area contributed by atoms with Gasteiger partial charge in [-0.1, -0.05) is 11.6 Å². The summed E-state index contributed by atoms with van der Waals surface area (Å²) in [5.74, 6) is 2.27. The highest BCUT2D eigenvalue weighted by Gasteiger charge is 2.36. The van der Waals surface area contributed by atoms with Crippen LogP contribution >= 0.6 is 23.4 Å². The maximum Gasteiger partial charge on any atom is 0.250 e. The third kappa shape index (κ3) is 4.07. The number of carbonyl (C=O) groups is 2. The molecule has 0 unspecified atom stereocenters. The zero-order valence-corrected chi connectivity index (χ0v) is 17.2. The minimum absolute atomic E-state index is 0.0563. The van der Waals surface area contributed by atoms with Gasteiger partial charge in [-0.25, -0.2) is 4.98 Å². The van der Waals surface area contributed by atoms with Gasteiger partial charge in [0.15, 0.2) is 0 Å². The average molecular weight is 425 g/mol. The number of nitrogens with one attached hydrogen (secondary N) is 1. The Hall–Kier alpha value is -1.55. The second kappa shape index (κ2) is 8.44. The highest BCUT2D eigenvalue weighted by atomic mass is 35.5. The van der Waals surface area contributed by atoms with Crippen molar-refractivity contribution in [2.24, 2.45) is 5.73 Å². The SMILES string of the molecule is NC(=O)c1cnc(N2CCN([C@@H]3CN[C@H](C(=O)N4CCSC4)C3)CC2)c(Cl)c1. The molecule has 10 heteroatoms. The van der Waals surface area contributed by atoms with Gasteiger partial charge in [-0.2, -0.15) is 0 Å². The maximum absolute atomic E-state index is 12.6. The summed E-state index contributed by atoms with van der Waals surface area (Å²) in [6.07, 6.45) is 2.34. The van der Waals surface area contributed by atoms with E-state index in [4.69, 9.17) is 17.3 Å². The van der Waals surface area contributed by atoms with Crippen LogP contribution in [-0.4, -0.2) is 89.6 Å². The van der Waals surface area contributed by atoms with Crippen molar-refractivity contribution < 1.29 is 9.59 Å². The standard InChI is InChI=1S/C18H25ClN6O2S/c19-14-7-12(16(20)26)9-22-17(14)24-3-1-23(2-4-24)13-8-15(21-10-13)18(27)25-5-6-28-11-25/h7,9,13,15,21H,1-6,8,10-11H2,(H2,20,26)/t13-,15-/m0/s1. The van der Waals surface area contributed by atoms with E-state index in [1.165, 1.54) is 6.20 Å². The van der Waals surface area contributed by atoms with E-state index in [0.717, 1.165) is 57.3 Å². The molecule has 3 aliphatic heterocycles. The predicted octanol–water partition coefficient (Wildman–Crippen LogP) is 0.219. The molecule has 0 saturated carbocycles. The summed E-state index contributed by atoms with van der Waals surface area (Å²) in [4.78, 5) is 34.7. The Bertz CT molecular complexity index is 752. The number of pyridine rings is 1. The number of rotatable bonds is 4. The minimum Gasteiger partial charge on any atom is -0.366 e. The minimum atomic E-state index is -0.531. The number of thioether (sulfide) groups is 1. The molecule has 1 aromatic rings. The summed E-state index contributed by atoms with van der Waals surface area (Å²) < 4.78 is 0. The first-order chi connectivity index (χ1) is 13.5. The number of halogens is 1. The molecule has 4 rings (SSSR count). The lowest BCUT2D eigenvalue weighted by atomic mass is 10.1. The number of hydrogen-bond donors (Lipinski definition) is 2. The fourth-order valence-electron chi connectivity index (χ4n) is 4.09. The maximum atomic E-state index is 12.6. The highest BCUT2D eigenvalue weighted by Crippen LogP contribution is 2.26. The van der Waals surface area contributed by atoms with E-state index in [-0.39, 0.29) is 11.9 Å². The predicted molar refractivity (Wildman–Crippen MR) is 111 cm³/mol. The molecule has 3 N–H and O–H groups in total. The topological polar surface area (TPSA) is 94.8 Å². The fraction of sp³-hybridized carbons (Fsp3) is 0.611. The first-order valence-electron chi connectivity index (χ1n) is 9.57. The van der Waals surface area contributed by atoms with E-state index >= 15 is 0 Å². The van der Waals surface area contributed by atoms with E-state index in [2.05, 4.69) is 20.1 Å². The number of amides is 2. The van der Waals surface area contributed by atoms with Crippen molar-refractivity contribution in [3.63, 3.8) is 0 Å². The van der Waals surface area contributed by atoms with Crippen LogP contribution in [0.1, 0.15) is 16.8 Å². The molecule has 1 aromatic heterocycles. The second-order valence-electron chi connectivity index (χ2n) is 7.41. The molecule has 0 spiro atoms. The Labute approximate surface area is 173 Å². The Morgan fingerprint density at radius 2 is 2.04 bits per heavy atom. The summed E-state index contributed by atoms with van der Waals surface area (Å²) in [5, 5.41) is 3.86. The third-order valence-electron chi connectivity index (χ3n) is 5.71. The second-order valence-corrected chi connectivity index (χ2v) is 8.89. The number of anilines is 1. The number of primary amides is 1. The summed E-state index contributed by atoms with van der Waals surface area (Å²) in [6, 6.07) is 1.90. The summed E-state index contributed by atoms with van der Waals surface area (Å²) in [7, 11) is 0. The lowest BCUT2D eigenvalue weighted by molar-refractivity contribution is -0.131. The van der Waals surface area contributed by atoms with Crippen LogP contribution in [0.2, 0.25) is 5.02 Å². The Morgan fingerprint density at radius 1 is 1.25 bits per heavy atom. The third-order valence-corrected chi connectivity index (χ3v) is 6.95. The monoisotopic (exact) mass is 424 g/mol. The summed E-state index contributed by atoms with van der Waals surface area (Å²) >= 11 is 8.13. The van der Waals surface area contributed by atoms with Crippen molar-refractivity contribution in [3.05, 3.63) is 22.8 Å². The first-order valence-corrected chi connectivity index (χ1v) is 11.1. The molecule has 3 fully saturated rings. The smallest absolute Gasteiger partial charge is 0.250 e. The molecule has 28 heavy (non-hydrogen) atoms. The van der Waals surface area contributed by atoms with Gasteiger partial charge in [-0.05, 0) is 12.5 Å². The highest BCUT2D eigenvalue weighted by molar-refractivity contribution is 7.99. The van der Waals surface area contributed by atoms with Gasteiger partial charge in [-0.3, -0.25) is 14.5 Å². The summed E-state index contributed by atoms with van der Waals surface area (Å²) in [5.41, 5.74) is 5.60. The van der Waals surface area contributed by atoms with Gasteiger partial charge >= 0.3 is 0 Å². The van der Waals surface area contributed by atoms with E-state index in [0.29, 0.717) is 22.4 Å². The molecule has 8 nitrogen and oxygen atoms in total. The molecule has 152 valence electrons. The molecule has 0 aromatic carbocycles. The number of carbonyl (C=O) groups excluding carboxylic acids is 2. The lowest BCUT2D eigenvalue weighted by Crippen LogP contribution is -2.51. The Morgan fingerprint density at radius 3 is 2.68 bits per heavy atom. The van der Waals surface area contributed by atoms with Crippen LogP contribution in [0.4, 0.5) is 5.82 Å². The fourth-order valence-corrected chi connectivity index (χ4v) is 5.33. The Kier molecular flexibility index (Phi) is 5.96. The quantitative estimate of drug-likeness (QED) is 0.713. The van der Waals surface area contributed by atoms with Crippen molar-refractivity contribution in [3.8, 4) is 0 Å². The molecule has 2 amide bonds. The molecule has 3 aliphatic rings. The first kappa shape index (κ1) is 19.8. The molecule has 4 heterocycles. The number of aromatic nitrogens is 1. The van der Waals surface area contributed by atoms with Crippen LogP contribution in [0.25, 0.3) is 0 Å². The molecular weight excluding hydrogens is 400 g/mol. The van der Waals surface area contributed by atoms with Gasteiger partial charge in [0.05, 0.1) is 22.5 Å². The average Bonchev–Trinajstić information content (AvgIpc) is 3.40.